The predicted octanol–water partition coefficient (Wildman–Crippen LogP) is 2.31. The Hall–Kier alpha value is -1.03. The van der Waals surface area contributed by atoms with Crippen molar-refractivity contribution in [2.75, 3.05) is 6.54 Å². The largest absolute Gasteiger partial charge is 0.329 e. The molecule has 0 aliphatic rings. The van der Waals surface area contributed by atoms with Gasteiger partial charge in [0.15, 0.2) is 0 Å². The molecule has 0 aromatic heterocycles. The number of halogens is 3. The number of hydrogen-bond donors (Lipinski definition) is 1. The average Bonchev–Trinajstić information content (AvgIpc) is 2.17. The number of rotatable bonds is 3. The molecule has 2 N–H and O–H groups in total. The van der Waals surface area contributed by atoms with Crippen molar-refractivity contribution >= 4 is 0 Å². The molecule has 0 saturated carbocycles. The van der Waals surface area contributed by atoms with Crippen molar-refractivity contribution in [3.05, 3.63) is 35.6 Å². The zero-order valence-electron chi connectivity index (χ0n) is 7.81. The Morgan fingerprint density at radius 3 is 2.14 bits per heavy atom. The van der Waals surface area contributed by atoms with E-state index < -0.39 is 17.7 Å². The molecule has 1 unspecified atom stereocenters. The molecule has 1 aromatic carbocycles. The summed E-state index contributed by atoms with van der Waals surface area (Å²) in [5.74, 6) is -0.442. The Bertz CT molecular complexity index is 297. The smallest absolute Gasteiger partial charge is 0.249 e. The molecule has 0 heterocycles. The Morgan fingerprint density at radius 2 is 1.79 bits per heavy atom. The summed E-state index contributed by atoms with van der Waals surface area (Å²) in [6, 6.07) is 5.00. The van der Waals surface area contributed by atoms with Gasteiger partial charge in [-0.2, -0.15) is 0 Å². The summed E-state index contributed by atoms with van der Waals surface area (Å²) in [4.78, 5) is 0. The van der Waals surface area contributed by atoms with Crippen LogP contribution in [-0.4, -0.2) is 13.0 Å². The molecule has 4 heteroatoms. The monoisotopic (exact) mass is 203 g/mol. The van der Waals surface area contributed by atoms with Gasteiger partial charge in [0.05, 0.1) is 5.41 Å². The summed E-state index contributed by atoms with van der Waals surface area (Å²) in [7, 11) is 0. The van der Waals surface area contributed by atoms with E-state index >= 15 is 0 Å². The fourth-order valence-electron chi connectivity index (χ4n) is 1.16. The van der Waals surface area contributed by atoms with Crippen molar-refractivity contribution in [2.45, 2.75) is 18.8 Å². The van der Waals surface area contributed by atoms with E-state index in [1.54, 1.807) is 0 Å². The van der Waals surface area contributed by atoms with Gasteiger partial charge >= 0.3 is 0 Å². The highest BCUT2D eigenvalue weighted by atomic mass is 19.3. The molecule has 14 heavy (non-hydrogen) atoms. The lowest BCUT2D eigenvalue weighted by Crippen LogP contribution is -2.38. The SMILES string of the molecule is CC(CN)(c1ccc(F)cc1)C(F)F. The minimum absolute atomic E-state index is 0.170. The maximum Gasteiger partial charge on any atom is 0.249 e. The first-order valence-electron chi connectivity index (χ1n) is 4.25. The van der Waals surface area contributed by atoms with Gasteiger partial charge in [0.2, 0.25) is 6.43 Å². The van der Waals surface area contributed by atoms with Crippen LogP contribution in [0.25, 0.3) is 0 Å². The first-order valence-corrected chi connectivity index (χ1v) is 4.25. The molecule has 0 fully saturated rings. The Balaban J connectivity index is 3.06. The molecule has 0 spiro atoms. The van der Waals surface area contributed by atoms with Crippen molar-refractivity contribution in [3.8, 4) is 0 Å². The van der Waals surface area contributed by atoms with Gasteiger partial charge in [-0.3, -0.25) is 0 Å². The molecule has 0 aliphatic carbocycles. The zero-order chi connectivity index (χ0) is 10.8. The van der Waals surface area contributed by atoms with Crippen LogP contribution >= 0.6 is 0 Å². The summed E-state index contributed by atoms with van der Waals surface area (Å²) >= 11 is 0. The maximum atomic E-state index is 12.7. The quantitative estimate of drug-likeness (QED) is 0.801. The summed E-state index contributed by atoms with van der Waals surface area (Å²) in [6.45, 7) is 1.20. The van der Waals surface area contributed by atoms with Crippen molar-refractivity contribution in [3.63, 3.8) is 0 Å². The number of hydrogen-bond acceptors (Lipinski definition) is 1. The first kappa shape index (κ1) is 11.0. The molecule has 0 amide bonds. The number of benzene rings is 1. The normalized spacial score (nSPS) is 15.6. The van der Waals surface area contributed by atoms with E-state index in [0.717, 1.165) is 12.1 Å². The third-order valence-corrected chi connectivity index (χ3v) is 2.41. The van der Waals surface area contributed by atoms with Crippen LogP contribution in [0.2, 0.25) is 0 Å². The van der Waals surface area contributed by atoms with E-state index in [-0.39, 0.29) is 6.54 Å². The Kier molecular flexibility index (Phi) is 3.16. The fourth-order valence-corrected chi connectivity index (χ4v) is 1.16. The van der Waals surface area contributed by atoms with Crippen molar-refractivity contribution in [1.29, 1.82) is 0 Å². The number of nitrogens with two attached hydrogens (primary N) is 1. The lowest BCUT2D eigenvalue weighted by atomic mass is 9.83. The minimum atomic E-state index is -2.56. The third-order valence-electron chi connectivity index (χ3n) is 2.41. The summed E-state index contributed by atoms with van der Waals surface area (Å²) < 4.78 is 38.0. The predicted molar refractivity (Wildman–Crippen MR) is 48.8 cm³/mol. The van der Waals surface area contributed by atoms with Gasteiger partial charge in [0.25, 0.3) is 0 Å². The summed E-state index contributed by atoms with van der Waals surface area (Å²) in [6.07, 6.45) is -2.56. The van der Waals surface area contributed by atoms with Crippen molar-refractivity contribution < 1.29 is 13.2 Å². The van der Waals surface area contributed by atoms with E-state index in [1.165, 1.54) is 19.1 Å². The molecule has 1 nitrogen and oxygen atoms in total. The molecule has 0 saturated heterocycles. The van der Waals surface area contributed by atoms with Crippen molar-refractivity contribution in [1.82, 2.24) is 0 Å². The second-order valence-corrected chi connectivity index (χ2v) is 3.43. The van der Waals surface area contributed by atoms with E-state index in [9.17, 15) is 13.2 Å². The van der Waals surface area contributed by atoms with E-state index in [4.69, 9.17) is 5.73 Å². The van der Waals surface area contributed by atoms with Crippen LogP contribution in [-0.2, 0) is 5.41 Å². The highest BCUT2D eigenvalue weighted by Crippen LogP contribution is 2.29. The van der Waals surface area contributed by atoms with Crippen LogP contribution in [0.5, 0.6) is 0 Å². The van der Waals surface area contributed by atoms with E-state index in [2.05, 4.69) is 0 Å². The second kappa shape index (κ2) is 4.00. The van der Waals surface area contributed by atoms with Gasteiger partial charge in [-0.1, -0.05) is 12.1 Å². The molecule has 1 rings (SSSR count). The fraction of sp³-hybridized carbons (Fsp3) is 0.400. The molecule has 0 radical (unpaired) electrons. The molecule has 1 atom stereocenters. The van der Waals surface area contributed by atoms with Gasteiger partial charge in [0.1, 0.15) is 5.82 Å². The summed E-state index contributed by atoms with van der Waals surface area (Å²) in [5.41, 5.74) is 4.27. The van der Waals surface area contributed by atoms with Gasteiger partial charge in [-0.25, -0.2) is 13.2 Å². The highest BCUT2D eigenvalue weighted by Gasteiger charge is 2.35. The molecule has 0 aliphatic heterocycles. The van der Waals surface area contributed by atoms with Crippen molar-refractivity contribution in [2.24, 2.45) is 5.73 Å². The molecular formula is C10H12F3N. The van der Waals surface area contributed by atoms with Crippen LogP contribution in [0.3, 0.4) is 0 Å². The second-order valence-electron chi connectivity index (χ2n) is 3.43. The molecular weight excluding hydrogens is 191 g/mol. The highest BCUT2D eigenvalue weighted by molar-refractivity contribution is 5.26. The van der Waals surface area contributed by atoms with E-state index in [1.807, 2.05) is 0 Å². The third kappa shape index (κ3) is 1.90. The van der Waals surface area contributed by atoms with Crippen LogP contribution in [0.1, 0.15) is 12.5 Å². The molecule has 1 aromatic rings. The Morgan fingerprint density at radius 1 is 1.29 bits per heavy atom. The van der Waals surface area contributed by atoms with Crippen LogP contribution < -0.4 is 5.73 Å². The Labute approximate surface area is 80.7 Å². The lowest BCUT2D eigenvalue weighted by molar-refractivity contribution is 0.0637. The van der Waals surface area contributed by atoms with Crippen LogP contribution in [0, 0.1) is 5.82 Å². The van der Waals surface area contributed by atoms with Gasteiger partial charge in [-0.15, -0.1) is 0 Å². The van der Waals surface area contributed by atoms with Gasteiger partial charge < -0.3 is 5.73 Å². The van der Waals surface area contributed by atoms with Crippen LogP contribution in [0.4, 0.5) is 13.2 Å². The lowest BCUT2D eigenvalue weighted by Gasteiger charge is -2.27. The number of alkyl halides is 2. The van der Waals surface area contributed by atoms with E-state index in [0.29, 0.717) is 5.56 Å². The molecule has 78 valence electrons. The molecule has 0 bridgehead atoms. The van der Waals surface area contributed by atoms with Gasteiger partial charge in [-0.05, 0) is 24.6 Å². The standard InChI is InChI=1S/C10H12F3N/c1-10(6-14,9(12)13)7-2-4-8(11)5-3-7/h2-5,9H,6,14H2,1H3. The topological polar surface area (TPSA) is 26.0 Å². The van der Waals surface area contributed by atoms with Gasteiger partial charge in [0, 0.05) is 6.54 Å². The summed E-state index contributed by atoms with van der Waals surface area (Å²) in [5, 5.41) is 0. The zero-order valence-corrected chi connectivity index (χ0v) is 7.81. The van der Waals surface area contributed by atoms with Crippen LogP contribution in [0.15, 0.2) is 24.3 Å². The maximum absolute atomic E-state index is 12.7. The average molecular weight is 203 g/mol. The first-order chi connectivity index (χ1) is 6.50. The minimum Gasteiger partial charge on any atom is -0.329 e.